The lowest BCUT2D eigenvalue weighted by Crippen LogP contribution is -2.48. The first-order chi connectivity index (χ1) is 7.63. The van der Waals surface area contributed by atoms with Crippen LogP contribution in [0, 0.1) is 5.92 Å². The monoisotopic (exact) mass is 227 g/mol. The third-order valence-electron chi connectivity index (χ3n) is 2.66. The van der Waals surface area contributed by atoms with E-state index in [1.165, 1.54) is 6.42 Å². The molecule has 0 saturated carbocycles. The fourth-order valence-electron chi connectivity index (χ4n) is 1.79. The maximum atomic E-state index is 5.95. The van der Waals surface area contributed by atoms with E-state index in [0.717, 1.165) is 32.8 Å². The largest absolute Gasteiger partial charge is 0.385 e. The van der Waals surface area contributed by atoms with Crippen LogP contribution in [0.15, 0.2) is 4.99 Å². The van der Waals surface area contributed by atoms with Crippen molar-refractivity contribution in [2.75, 3.05) is 32.8 Å². The normalized spacial score (nSPS) is 24.0. The van der Waals surface area contributed by atoms with Gasteiger partial charge in [0.25, 0.3) is 0 Å². The minimum absolute atomic E-state index is 0.000880. The Labute approximate surface area is 98.9 Å². The van der Waals surface area contributed by atoms with Crippen LogP contribution in [0.5, 0.6) is 0 Å². The van der Waals surface area contributed by atoms with Gasteiger partial charge in [-0.05, 0) is 18.9 Å². The highest BCUT2D eigenvalue weighted by molar-refractivity contribution is 5.85. The Morgan fingerprint density at radius 3 is 2.94 bits per heavy atom. The van der Waals surface area contributed by atoms with E-state index in [1.54, 1.807) is 0 Å². The smallest absolute Gasteiger partial charge is 0.127 e. The fourth-order valence-corrected chi connectivity index (χ4v) is 1.79. The Morgan fingerprint density at radius 2 is 2.31 bits per heavy atom. The van der Waals surface area contributed by atoms with Gasteiger partial charge in [0.1, 0.15) is 11.9 Å². The van der Waals surface area contributed by atoms with Gasteiger partial charge in [0, 0.05) is 19.6 Å². The molecule has 0 amide bonds. The Balaban J connectivity index is 2.43. The third kappa shape index (κ3) is 4.49. The van der Waals surface area contributed by atoms with Gasteiger partial charge in [-0.3, -0.25) is 9.89 Å². The number of morpholine rings is 1. The first kappa shape index (κ1) is 13.5. The summed E-state index contributed by atoms with van der Waals surface area (Å²) < 4.78 is 5.65. The van der Waals surface area contributed by atoms with Crippen molar-refractivity contribution in [2.24, 2.45) is 16.6 Å². The lowest BCUT2D eigenvalue weighted by atomic mass is 10.2. The molecule has 1 unspecified atom stereocenters. The minimum atomic E-state index is -0.000880. The summed E-state index contributed by atoms with van der Waals surface area (Å²) in [5.74, 6) is 1.21. The van der Waals surface area contributed by atoms with Crippen molar-refractivity contribution in [3.63, 3.8) is 0 Å². The molecule has 4 heteroatoms. The molecule has 94 valence electrons. The second-order valence-electron chi connectivity index (χ2n) is 4.82. The lowest BCUT2D eigenvalue weighted by Gasteiger charge is -2.32. The topological polar surface area (TPSA) is 50.9 Å². The maximum Gasteiger partial charge on any atom is 0.127 e. The van der Waals surface area contributed by atoms with Crippen LogP contribution in [0.3, 0.4) is 0 Å². The molecule has 0 aromatic carbocycles. The van der Waals surface area contributed by atoms with Crippen LogP contribution in [-0.2, 0) is 4.74 Å². The first-order valence-electron chi connectivity index (χ1n) is 6.27. The number of nitrogens with two attached hydrogens (primary N) is 1. The lowest BCUT2D eigenvalue weighted by molar-refractivity contribution is 0.00603. The van der Waals surface area contributed by atoms with Crippen LogP contribution < -0.4 is 5.73 Å². The van der Waals surface area contributed by atoms with Gasteiger partial charge in [-0.15, -0.1) is 0 Å². The molecular formula is C12H25N3O. The molecule has 1 aliphatic heterocycles. The van der Waals surface area contributed by atoms with Crippen LogP contribution in [0.4, 0.5) is 0 Å². The SMILES string of the molecule is CCCN1CCOC(C(N)=NCC(C)C)C1. The number of ether oxygens (including phenoxy) is 1. The predicted octanol–water partition coefficient (Wildman–Crippen LogP) is 1.11. The molecule has 0 bridgehead atoms. The summed E-state index contributed by atoms with van der Waals surface area (Å²) >= 11 is 0. The van der Waals surface area contributed by atoms with Crippen molar-refractivity contribution in [1.29, 1.82) is 0 Å². The zero-order chi connectivity index (χ0) is 12.0. The van der Waals surface area contributed by atoms with Crippen LogP contribution >= 0.6 is 0 Å². The van der Waals surface area contributed by atoms with E-state index in [1.807, 2.05) is 0 Å². The van der Waals surface area contributed by atoms with Gasteiger partial charge in [0.2, 0.25) is 0 Å². The van der Waals surface area contributed by atoms with Gasteiger partial charge < -0.3 is 10.5 Å². The van der Waals surface area contributed by atoms with Crippen molar-refractivity contribution in [1.82, 2.24) is 4.90 Å². The highest BCUT2D eigenvalue weighted by Gasteiger charge is 2.22. The molecule has 1 heterocycles. The number of nitrogens with zero attached hydrogens (tertiary/aromatic N) is 2. The molecule has 1 aliphatic rings. The second-order valence-corrected chi connectivity index (χ2v) is 4.82. The van der Waals surface area contributed by atoms with Crippen molar-refractivity contribution >= 4 is 5.84 Å². The van der Waals surface area contributed by atoms with Gasteiger partial charge in [-0.2, -0.15) is 0 Å². The van der Waals surface area contributed by atoms with E-state index >= 15 is 0 Å². The fraction of sp³-hybridized carbons (Fsp3) is 0.917. The Hall–Kier alpha value is -0.610. The zero-order valence-corrected chi connectivity index (χ0v) is 10.8. The van der Waals surface area contributed by atoms with Gasteiger partial charge in [-0.25, -0.2) is 0 Å². The van der Waals surface area contributed by atoms with Crippen LogP contribution in [0.2, 0.25) is 0 Å². The zero-order valence-electron chi connectivity index (χ0n) is 10.8. The van der Waals surface area contributed by atoms with Crippen LogP contribution in [0.1, 0.15) is 27.2 Å². The maximum absolute atomic E-state index is 5.95. The van der Waals surface area contributed by atoms with Crippen molar-refractivity contribution in [2.45, 2.75) is 33.3 Å². The van der Waals surface area contributed by atoms with E-state index in [2.05, 4.69) is 30.7 Å². The van der Waals surface area contributed by atoms with E-state index < -0.39 is 0 Å². The molecule has 0 spiro atoms. The summed E-state index contributed by atoms with van der Waals surface area (Å²) in [5.41, 5.74) is 5.95. The molecule has 0 aromatic heterocycles. The molecule has 1 fully saturated rings. The molecule has 16 heavy (non-hydrogen) atoms. The molecule has 4 nitrogen and oxygen atoms in total. The van der Waals surface area contributed by atoms with Gasteiger partial charge in [0.15, 0.2) is 0 Å². The van der Waals surface area contributed by atoms with Gasteiger partial charge in [0.05, 0.1) is 6.61 Å². The highest BCUT2D eigenvalue weighted by Crippen LogP contribution is 2.06. The average Bonchev–Trinajstić information content (AvgIpc) is 2.26. The second kappa shape index (κ2) is 6.86. The molecular weight excluding hydrogens is 202 g/mol. The van der Waals surface area contributed by atoms with E-state index in [-0.39, 0.29) is 6.10 Å². The summed E-state index contributed by atoms with van der Waals surface area (Å²) in [7, 11) is 0. The molecule has 0 radical (unpaired) electrons. The van der Waals surface area contributed by atoms with Crippen molar-refractivity contribution < 1.29 is 4.74 Å². The van der Waals surface area contributed by atoms with Crippen LogP contribution in [0.25, 0.3) is 0 Å². The van der Waals surface area contributed by atoms with E-state index in [0.29, 0.717) is 11.8 Å². The van der Waals surface area contributed by atoms with Crippen LogP contribution in [-0.4, -0.2) is 49.6 Å². The van der Waals surface area contributed by atoms with E-state index in [9.17, 15) is 0 Å². The van der Waals surface area contributed by atoms with Crippen molar-refractivity contribution in [3.05, 3.63) is 0 Å². The molecule has 0 aromatic rings. The molecule has 1 saturated heterocycles. The summed E-state index contributed by atoms with van der Waals surface area (Å²) in [6.45, 7) is 11.1. The Morgan fingerprint density at radius 1 is 1.56 bits per heavy atom. The molecule has 2 N–H and O–H groups in total. The Bertz CT molecular complexity index is 226. The number of amidine groups is 1. The number of hydrogen-bond acceptors (Lipinski definition) is 3. The number of rotatable bonds is 5. The summed E-state index contributed by atoms with van der Waals surface area (Å²) in [6, 6.07) is 0. The summed E-state index contributed by atoms with van der Waals surface area (Å²) in [4.78, 5) is 6.78. The van der Waals surface area contributed by atoms with E-state index in [4.69, 9.17) is 10.5 Å². The summed E-state index contributed by atoms with van der Waals surface area (Å²) in [6.07, 6.45) is 1.18. The Kier molecular flexibility index (Phi) is 5.77. The van der Waals surface area contributed by atoms with Crippen molar-refractivity contribution in [3.8, 4) is 0 Å². The standard InChI is InChI=1S/C12H25N3O/c1-4-5-15-6-7-16-11(9-15)12(13)14-8-10(2)3/h10-11H,4-9H2,1-3H3,(H2,13,14). The van der Waals surface area contributed by atoms with Gasteiger partial charge >= 0.3 is 0 Å². The van der Waals surface area contributed by atoms with Gasteiger partial charge in [-0.1, -0.05) is 20.8 Å². The molecule has 1 atom stereocenters. The minimum Gasteiger partial charge on any atom is -0.385 e. The summed E-state index contributed by atoms with van der Waals surface area (Å²) in [5, 5.41) is 0. The number of aliphatic imine (C=N–C) groups is 1. The molecule has 1 rings (SSSR count). The molecule has 0 aliphatic carbocycles. The average molecular weight is 227 g/mol. The quantitative estimate of drug-likeness (QED) is 0.565. The highest BCUT2D eigenvalue weighted by atomic mass is 16.5. The first-order valence-corrected chi connectivity index (χ1v) is 6.27. The predicted molar refractivity (Wildman–Crippen MR) is 67.8 cm³/mol. The third-order valence-corrected chi connectivity index (χ3v) is 2.66. The number of hydrogen-bond donors (Lipinski definition) is 1.